The molecule has 5 heterocycles. The number of hydrogen-bond acceptors (Lipinski definition) is 4. The van der Waals surface area contributed by atoms with E-state index in [-0.39, 0.29) is 0 Å². The minimum atomic E-state index is 0.906. The molecule has 4 aromatic heterocycles. The van der Waals surface area contributed by atoms with Gasteiger partial charge in [0.15, 0.2) is 0 Å². The van der Waals surface area contributed by atoms with E-state index in [1.165, 1.54) is 42.0 Å². The van der Waals surface area contributed by atoms with Crippen LogP contribution in [0.25, 0.3) is 54.9 Å². The molecule has 0 atom stereocenters. The van der Waals surface area contributed by atoms with Gasteiger partial charge in [-0.3, -0.25) is 15.0 Å². The lowest BCUT2D eigenvalue weighted by Gasteiger charge is -2.15. The minimum absolute atomic E-state index is 0.906. The summed E-state index contributed by atoms with van der Waals surface area (Å²) < 4.78 is 0. The number of nitrogens with zero attached hydrogens (tertiary/aromatic N) is 3. The molecule has 1 aliphatic heterocycles. The lowest BCUT2D eigenvalue weighted by Crippen LogP contribution is -2.21. The van der Waals surface area contributed by atoms with Crippen molar-refractivity contribution in [1.82, 2.24) is 25.1 Å². The van der Waals surface area contributed by atoms with E-state index in [1.807, 2.05) is 25.3 Å². The average Bonchev–Trinajstić information content (AvgIpc) is 3.76. The number of pyridine rings is 1. The first-order valence-corrected chi connectivity index (χ1v) is 14.3. The number of benzene rings is 1. The maximum atomic E-state index is 4.73. The normalized spacial score (nSPS) is 15.0. The molecule has 39 heavy (non-hydrogen) atoms. The van der Waals surface area contributed by atoms with Gasteiger partial charge in [-0.15, -0.1) is 11.3 Å². The molecule has 0 spiro atoms. The summed E-state index contributed by atoms with van der Waals surface area (Å²) in [5.41, 5.74) is 9.57. The first-order valence-electron chi connectivity index (χ1n) is 13.5. The predicted octanol–water partition coefficient (Wildman–Crippen LogP) is 8.48. The number of aromatic nitrogens is 4. The predicted molar refractivity (Wildman–Crippen MR) is 167 cm³/mol. The van der Waals surface area contributed by atoms with E-state index in [4.69, 9.17) is 10.1 Å². The second-order valence-electron chi connectivity index (χ2n) is 10.2. The molecule has 0 amide bonds. The first kappa shape index (κ1) is 25.3. The van der Waals surface area contributed by atoms with Crippen molar-refractivity contribution in [3.63, 3.8) is 0 Å². The fourth-order valence-electron chi connectivity index (χ4n) is 5.37. The summed E-state index contributed by atoms with van der Waals surface area (Å²) in [5.74, 6) is 0. The van der Waals surface area contributed by atoms with Gasteiger partial charge in [-0.25, -0.2) is 0 Å². The number of rotatable bonds is 8. The third-order valence-electron chi connectivity index (χ3n) is 7.48. The largest absolute Gasteiger partial charge is 0.353 e. The molecule has 6 rings (SSSR count). The molecular weight excluding hydrogens is 498 g/mol. The molecule has 1 aliphatic rings. The van der Waals surface area contributed by atoms with E-state index < -0.39 is 0 Å². The van der Waals surface area contributed by atoms with Crippen LogP contribution in [0, 0.1) is 0 Å². The second kappa shape index (κ2) is 10.6. The highest BCUT2D eigenvalue weighted by molar-refractivity contribution is 7.16. The Hall–Kier alpha value is -4.00. The van der Waals surface area contributed by atoms with Crippen LogP contribution in [0.2, 0.25) is 0 Å². The number of aromatic amines is 2. The number of likely N-dealkylation sites (tertiary alicyclic amines) is 1. The van der Waals surface area contributed by atoms with Crippen molar-refractivity contribution in [2.45, 2.75) is 26.7 Å². The smallest absolute Gasteiger partial charge is 0.116 e. The fourth-order valence-corrected chi connectivity index (χ4v) is 6.31. The van der Waals surface area contributed by atoms with Crippen molar-refractivity contribution in [2.24, 2.45) is 0 Å². The number of H-pyrrole nitrogens is 2. The van der Waals surface area contributed by atoms with Crippen molar-refractivity contribution >= 4 is 44.3 Å². The Morgan fingerprint density at radius 2 is 1.87 bits per heavy atom. The van der Waals surface area contributed by atoms with E-state index >= 15 is 0 Å². The Labute approximate surface area is 233 Å². The first-order chi connectivity index (χ1) is 19.0. The Morgan fingerprint density at radius 3 is 2.62 bits per heavy atom. The molecule has 0 unspecified atom stereocenters. The molecule has 1 fully saturated rings. The lowest BCUT2D eigenvalue weighted by molar-refractivity contribution is 0.371. The molecule has 6 heteroatoms. The zero-order valence-corrected chi connectivity index (χ0v) is 23.4. The van der Waals surface area contributed by atoms with E-state index in [1.54, 1.807) is 11.3 Å². The Balaban J connectivity index is 1.37. The summed E-state index contributed by atoms with van der Waals surface area (Å²) in [4.78, 5) is 13.1. The van der Waals surface area contributed by atoms with Gasteiger partial charge in [0.2, 0.25) is 0 Å². The second-order valence-corrected chi connectivity index (χ2v) is 11.3. The number of allylic oxidation sites excluding steroid dienone is 4. The summed E-state index contributed by atoms with van der Waals surface area (Å²) >= 11 is 1.72. The van der Waals surface area contributed by atoms with Crippen molar-refractivity contribution in [3.8, 4) is 22.0 Å². The minimum Gasteiger partial charge on any atom is -0.353 e. The van der Waals surface area contributed by atoms with Crippen LogP contribution in [0.4, 0.5) is 0 Å². The van der Waals surface area contributed by atoms with Gasteiger partial charge in [-0.2, -0.15) is 5.10 Å². The molecule has 0 bridgehead atoms. The number of thiophene rings is 1. The molecule has 1 aromatic carbocycles. The van der Waals surface area contributed by atoms with Crippen molar-refractivity contribution in [1.29, 1.82) is 0 Å². The highest BCUT2D eigenvalue weighted by atomic mass is 32.1. The van der Waals surface area contributed by atoms with Gasteiger partial charge in [0.05, 0.1) is 21.8 Å². The Bertz CT molecular complexity index is 1750. The van der Waals surface area contributed by atoms with Gasteiger partial charge in [0.1, 0.15) is 5.69 Å². The van der Waals surface area contributed by atoms with E-state index in [9.17, 15) is 0 Å². The van der Waals surface area contributed by atoms with Gasteiger partial charge in [0, 0.05) is 33.9 Å². The third kappa shape index (κ3) is 4.93. The summed E-state index contributed by atoms with van der Waals surface area (Å²) in [7, 11) is 0. The number of hydrogen-bond donors (Lipinski definition) is 2. The molecule has 0 saturated carbocycles. The quantitative estimate of drug-likeness (QED) is 0.197. The highest BCUT2D eigenvalue weighted by Crippen LogP contribution is 2.37. The maximum absolute atomic E-state index is 4.73. The number of fused-ring (bicyclic) bond motifs is 2. The topological polar surface area (TPSA) is 60.6 Å². The van der Waals surface area contributed by atoms with E-state index in [0.29, 0.717) is 0 Å². The molecule has 2 N–H and O–H groups in total. The third-order valence-corrected chi connectivity index (χ3v) is 8.73. The van der Waals surface area contributed by atoms with Crippen LogP contribution >= 0.6 is 11.3 Å². The molecular formula is C33H33N5S. The Kier molecular flexibility index (Phi) is 6.90. The summed E-state index contributed by atoms with van der Waals surface area (Å²) in [6.45, 7) is 15.6. The molecule has 0 radical (unpaired) electrons. The van der Waals surface area contributed by atoms with Crippen molar-refractivity contribution in [2.75, 3.05) is 19.6 Å². The Morgan fingerprint density at radius 1 is 1.05 bits per heavy atom. The monoisotopic (exact) mass is 531 g/mol. The maximum Gasteiger partial charge on any atom is 0.116 e. The van der Waals surface area contributed by atoms with Crippen LogP contribution in [0.1, 0.15) is 37.1 Å². The molecule has 1 saturated heterocycles. The van der Waals surface area contributed by atoms with Crippen LogP contribution in [0.5, 0.6) is 0 Å². The zero-order valence-electron chi connectivity index (χ0n) is 22.6. The summed E-state index contributed by atoms with van der Waals surface area (Å²) in [6.07, 6.45) is 10.9. The summed E-state index contributed by atoms with van der Waals surface area (Å²) in [5, 5.41) is 10.1. The fraction of sp³-hybridized carbons (Fsp3) is 0.212. The SMILES string of the molecule is C=C/C(=C\C(=C/C)c1ccc2[nH]nc(-c3cc4c(-c5ccc(C(=C)C)s5)nccc4[nH]3)c2c1)CN1CCCC1. The molecule has 5 nitrogen and oxygen atoms in total. The van der Waals surface area contributed by atoms with E-state index in [2.05, 4.69) is 83.6 Å². The average molecular weight is 532 g/mol. The van der Waals surface area contributed by atoms with Gasteiger partial charge in [0.25, 0.3) is 0 Å². The highest BCUT2D eigenvalue weighted by Gasteiger charge is 2.17. The van der Waals surface area contributed by atoms with Gasteiger partial charge in [-0.05, 0) is 98.5 Å². The standard InChI is InChI=1S/C33H33N5S/c1-5-22(20-38-15-7-8-16-38)17-23(6-2)24-9-10-28-25(18-24)32(37-36-28)29-19-26-27(35-29)13-14-34-33(26)31-12-11-30(39-31)21(3)4/h5-6,9-14,17-19,35H,1,3,7-8,15-16,20H2,2,4H3,(H,36,37)/b22-17+,23-6+. The van der Waals surface area contributed by atoms with Gasteiger partial charge in [-0.1, -0.05) is 37.5 Å². The van der Waals surface area contributed by atoms with Gasteiger partial charge >= 0.3 is 0 Å². The lowest BCUT2D eigenvalue weighted by atomic mass is 10.00. The van der Waals surface area contributed by atoms with E-state index in [0.717, 1.165) is 61.4 Å². The van der Waals surface area contributed by atoms with Crippen molar-refractivity contribution in [3.05, 3.63) is 96.1 Å². The van der Waals surface area contributed by atoms with Crippen molar-refractivity contribution < 1.29 is 0 Å². The van der Waals surface area contributed by atoms with Crippen LogP contribution in [0.15, 0.2) is 85.6 Å². The molecule has 5 aromatic rings. The van der Waals surface area contributed by atoms with Crippen LogP contribution < -0.4 is 0 Å². The number of nitrogens with one attached hydrogen (secondary N) is 2. The van der Waals surface area contributed by atoms with Crippen LogP contribution in [-0.2, 0) is 0 Å². The van der Waals surface area contributed by atoms with Crippen LogP contribution in [-0.4, -0.2) is 44.7 Å². The zero-order chi connectivity index (χ0) is 26.9. The van der Waals surface area contributed by atoms with Gasteiger partial charge < -0.3 is 4.98 Å². The summed E-state index contributed by atoms with van der Waals surface area (Å²) in [6, 6.07) is 15.0. The van der Waals surface area contributed by atoms with Crippen LogP contribution in [0.3, 0.4) is 0 Å². The molecule has 0 aliphatic carbocycles. The molecule has 196 valence electrons.